The maximum Gasteiger partial charge on any atom is 0.243 e. The van der Waals surface area contributed by atoms with Crippen LogP contribution in [0.4, 0.5) is 0 Å². The third-order valence-electron chi connectivity index (χ3n) is 4.32. The molecule has 134 valence electrons. The van der Waals surface area contributed by atoms with Crippen LogP contribution in [-0.4, -0.2) is 28.8 Å². The van der Waals surface area contributed by atoms with Crippen molar-refractivity contribution in [1.82, 2.24) is 10.2 Å². The maximum absolute atomic E-state index is 12.6. The lowest BCUT2D eigenvalue weighted by atomic mass is 10.1. The summed E-state index contributed by atoms with van der Waals surface area (Å²) in [6.45, 7) is 10.5. The molecule has 1 aromatic carbocycles. The summed E-state index contributed by atoms with van der Waals surface area (Å²) < 4.78 is 0. The van der Waals surface area contributed by atoms with Crippen molar-refractivity contribution in [3.8, 4) is 0 Å². The summed E-state index contributed by atoms with van der Waals surface area (Å²) in [5, 5.41) is 3.02. The fourth-order valence-corrected chi connectivity index (χ4v) is 2.61. The number of carbonyl (C=O) groups excluding carboxylic acids is 2. The Bertz CT molecular complexity index is 525. The number of carbonyl (C=O) groups is 2. The van der Waals surface area contributed by atoms with E-state index in [-0.39, 0.29) is 17.9 Å². The van der Waals surface area contributed by atoms with Crippen molar-refractivity contribution in [1.29, 1.82) is 0 Å². The summed E-state index contributed by atoms with van der Waals surface area (Å²) in [5.74, 6) is -0.00681. The smallest absolute Gasteiger partial charge is 0.243 e. The highest BCUT2D eigenvalue weighted by molar-refractivity contribution is 5.87. The van der Waals surface area contributed by atoms with Crippen LogP contribution < -0.4 is 5.32 Å². The van der Waals surface area contributed by atoms with Crippen LogP contribution in [0.3, 0.4) is 0 Å². The third kappa shape index (κ3) is 5.99. The third-order valence-corrected chi connectivity index (χ3v) is 4.32. The molecule has 0 saturated heterocycles. The standard InChI is InChI=1S/C20H32N2O2/c1-6-9-19(23)22(14-17-12-10-15(4)11-13-17)18(8-3)20(24)21-16(5)7-2/h10-13,16,18H,6-9,14H2,1-5H3,(H,21,24)/t16-,18+/m1/s1. The molecule has 1 rings (SSSR count). The van der Waals surface area contributed by atoms with Gasteiger partial charge in [0.2, 0.25) is 11.8 Å². The van der Waals surface area contributed by atoms with Crippen molar-refractivity contribution in [3.05, 3.63) is 35.4 Å². The molecule has 0 bridgehead atoms. The Kier molecular flexibility index (Phi) is 8.51. The topological polar surface area (TPSA) is 49.4 Å². The van der Waals surface area contributed by atoms with Crippen LogP contribution in [0.1, 0.15) is 64.5 Å². The van der Waals surface area contributed by atoms with Gasteiger partial charge in [-0.2, -0.15) is 0 Å². The molecule has 2 atom stereocenters. The molecule has 4 nitrogen and oxygen atoms in total. The predicted molar refractivity (Wildman–Crippen MR) is 98.6 cm³/mol. The second kappa shape index (κ2) is 10.1. The lowest BCUT2D eigenvalue weighted by Gasteiger charge is -2.31. The van der Waals surface area contributed by atoms with Crippen LogP contribution in [0, 0.1) is 6.92 Å². The van der Waals surface area contributed by atoms with Crippen LogP contribution in [0.25, 0.3) is 0 Å². The molecule has 0 heterocycles. The van der Waals surface area contributed by atoms with Crippen LogP contribution >= 0.6 is 0 Å². The minimum absolute atomic E-state index is 0.0456. The van der Waals surface area contributed by atoms with Gasteiger partial charge in [-0.25, -0.2) is 0 Å². The van der Waals surface area contributed by atoms with Crippen molar-refractivity contribution >= 4 is 11.8 Å². The summed E-state index contributed by atoms with van der Waals surface area (Å²) in [4.78, 5) is 27.0. The number of nitrogens with zero attached hydrogens (tertiary/aromatic N) is 1. The van der Waals surface area contributed by atoms with E-state index >= 15 is 0 Å². The summed E-state index contributed by atoms with van der Waals surface area (Å²) in [7, 11) is 0. The summed E-state index contributed by atoms with van der Waals surface area (Å²) in [6.07, 6.45) is 2.75. The van der Waals surface area contributed by atoms with E-state index in [4.69, 9.17) is 0 Å². The Balaban J connectivity index is 2.98. The zero-order valence-corrected chi connectivity index (χ0v) is 15.8. The number of rotatable bonds is 9. The predicted octanol–water partition coefficient (Wildman–Crippen LogP) is 3.82. The number of aryl methyl sites for hydroxylation is 1. The molecular formula is C20H32N2O2. The maximum atomic E-state index is 12.6. The Morgan fingerprint density at radius 3 is 2.21 bits per heavy atom. The van der Waals surface area contributed by atoms with Crippen LogP contribution in [-0.2, 0) is 16.1 Å². The van der Waals surface area contributed by atoms with Gasteiger partial charge in [0.05, 0.1) is 0 Å². The van der Waals surface area contributed by atoms with Crippen LogP contribution in [0.5, 0.6) is 0 Å². The normalized spacial score (nSPS) is 13.2. The van der Waals surface area contributed by atoms with Crippen LogP contribution in [0.15, 0.2) is 24.3 Å². The highest BCUT2D eigenvalue weighted by Gasteiger charge is 2.28. The quantitative estimate of drug-likeness (QED) is 0.747. The Hall–Kier alpha value is -1.84. The van der Waals surface area contributed by atoms with Gasteiger partial charge in [-0.15, -0.1) is 0 Å². The van der Waals surface area contributed by atoms with E-state index in [9.17, 15) is 9.59 Å². The summed E-state index contributed by atoms with van der Waals surface area (Å²) in [5.41, 5.74) is 2.24. The number of amides is 2. The monoisotopic (exact) mass is 332 g/mol. The van der Waals surface area contributed by atoms with E-state index in [2.05, 4.69) is 5.32 Å². The van der Waals surface area contributed by atoms with E-state index in [0.717, 1.165) is 18.4 Å². The molecular weight excluding hydrogens is 300 g/mol. The van der Waals surface area contributed by atoms with E-state index in [0.29, 0.717) is 19.4 Å². The van der Waals surface area contributed by atoms with Gasteiger partial charge >= 0.3 is 0 Å². The molecule has 0 unspecified atom stereocenters. The molecule has 2 amide bonds. The van der Waals surface area contributed by atoms with Crippen molar-refractivity contribution in [2.24, 2.45) is 0 Å². The Labute approximate surface area is 146 Å². The molecule has 0 aliphatic heterocycles. The van der Waals surface area contributed by atoms with Crippen molar-refractivity contribution in [2.45, 2.75) is 78.9 Å². The molecule has 1 aromatic rings. The second-order valence-corrected chi connectivity index (χ2v) is 6.50. The largest absolute Gasteiger partial charge is 0.352 e. The van der Waals surface area contributed by atoms with Crippen molar-refractivity contribution in [2.75, 3.05) is 0 Å². The van der Waals surface area contributed by atoms with Gasteiger partial charge in [-0.1, -0.05) is 50.6 Å². The van der Waals surface area contributed by atoms with E-state index in [1.54, 1.807) is 4.90 Å². The summed E-state index contributed by atoms with van der Waals surface area (Å²) >= 11 is 0. The molecule has 0 spiro atoms. The average molecular weight is 332 g/mol. The molecule has 0 fully saturated rings. The van der Waals surface area contributed by atoms with Gasteiger partial charge in [0.25, 0.3) is 0 Å². The molecule has 4 heteroatoms. The summed E-state index contributed by atoms with van der Waals surface area (Å²) in [6, 6.07) is 7.84. The van der Waals surface area contributed by atoms with Crippen molar-refractivity contribution < 1.29 is 9.59 Å². The van der Waals surface area contributed by atoms with E-state index in [1.807, 2.05) is 58.9 Å². The van der Waals surface area contributed by atoms with Gasteiger partial charge in [-0.05, 0) is 38.7 Å². The SMILES string of the molecule is CCCC(=O)N(Cc1ccc(C)cc1)[C@@H](CC)C(=O)N[C@H](C)CC. The Morgan fingerprint density at radius 1 is 1.08 bits per heavy atom. The second-order valence-electron chi connectivity index (χ2n) is 6.50. The lowest BCUT2D eigenvalue weighted by Crippen LogP contribution is -2.50. The van der Waals surface area contributed by atoms with Gasteiger partial charge in [0.1, 0.15) is 6.04 Å². The molecule has 1 N–H and O–H groups in total. The van der Waals surface area contributed by atoms with Crippen LogP contribution in [0.2, 0.25) is 0 Å². The average Bonchev–Trinajstić information content (AvgIpc) is 2.56. The molecule has 0 saturated carbocycles. The van der Waals surface area contributed by atoms with Gasteiger partial charge in [-0.3, -0.25) is 9.59 Å². The van der Waals surface area contributed by atoms with E-state index < -0.39 is 6.04 Å². The highest BCUT2D eigenvalue weighted by Crippen LogP contribution is 2.15. The first-order chi connectivity index (χ1) is 11.4. The Morgan fingerprint density at radius 2 is 1.71 bits per heavy atom. The minimum atomic E-state index is -0.417. The zero-order chi connectivity index (χ0) is 18.1. The number of nitrogens with one attached hydrogen (secondary N) is 1. The van der Waals surface area contributed by atoms with Gasteiger partial charge in [0, 0.05) is 19.0 Å². The number of hydrogen-bond donors (Lipinski definition) is 1. The number of benzene rings is 1. The first kappa shape index (κ1) is 20.2. The fourth-order valence-electron chi connectivity index (χ4n) is 2.61. The molecule has 0 aliphatic carbocycles. The highest BCUT2D eigenvalue weighted by atomic mass is 16.2. The molecule has 0 aromatic heterocycles. The zero-order valence-electron chi connectivity index (χ0n) is 15.8. The first-order valence-corrected chi connectivity index (χ1v) is 9.08. The molecule has 0 radical (unpaired) electrons. The van der Waals surface area contributed by atoms with Gasteiger partial charge < -0.3 is 10.2 Å². The van der Waals surface area contributed by atoms with Crippen molar-refractivity contribution in [3.63, 3.8) is 0 Å². The lowest BCUT2D eigenvalue weighted by molar-refractivity contribution is -0.141. The fraction of sp³-hybridized carbons (Fsp3) is 0.600. The molecule has 24 heavy (non-hydrogen) atoms. The molecule has 0 aliphatic rings. The first-order valence-electron chi connectivity index (χ1n) is 9.08. The minimum Gasteiger partial charge on any atom is -0.352 e. The van der Waals surface area contributed by atoms with Gasteiger partial charge in [0.15, 0.2) is 0 Å². The number of hydrogen-bond acceptors (Lipinski definition) is 2. The van der Waals surface area contributed by atoms with E-state index in [1.165, 1.54) is 5.56 Å².